The van der Waals surface area contributed by atoms with E-state index in [-0.39, 0.29) is 0 Å². The first-order valence-corrected chi connectivity index (χ1v) is 6.55. The lowest BCUT2D eigenvalue weighted by Gasteiger charge is -2.38. The number of nitrogens with two attached hydrogens (primary N) is 1. The van der Waals surface area contributed by atoms with Gasteiger partial charge < -0.3 is 16.0 Å². The lowest BCUT2D eigenvalue weighted by atomic mass is 10.1. The number of likely N-dealkylation sites (N-methyl/N-ethyl adjacent to an activating group) is 2. The molecule has 2 rings (SSSR count). The van der Waals surface area contributed by atoms with Crippen molar-refractivity contribution in [3.63, 3.8) is 0 Å². The molecule has 1 heterocycles. The molecule has 0 radical (unpaired) electrons. The molecule has 0 amide bonds. The number of piperazine rings is 1. The highest BCUT2D eigenvalue weighted by Crippen LogP contribution is 2.22. The molecule has 1 aromatic carbocycles. The number of nitrogens with zero attached hydrogens (tertiary/aromatic N) is 2. The molecule has 1 fully saturated rings. The molecule has 4 heteroatoms. The first kappa shape index (κ1) is 13.2. The molecule has 0 bridgehead atoms. The van der Waals surface area contributed by atoms with Gasteiger partial charge in [-0.15, -0.1) is 0 Å². The number of para-hydroxylation sites is 1. The molecule has 3 N–H and O–H groups in total. The second-order valence-electron chi connectivity index (χ2n) is 5.31. The Kier molecular flexibility index (Phi) is 4.09. The maximum Gasteiger partial charge on any atom is 0.0579 e. The van der Waals surface area contributed by atoms with E-state index < -0.39 is 0 Å². The third-order valence-corrected chi connectivity index (χ3v) is 3.83. The van der Waals surface area contributed by atoms with Crippen LogP contribution in [0, 0.1) is 6.92 Å². The first-order valence-electron chi connectivity index (χ1n) is 6.55. The van der Waals surface area contributed by atoms with E-state index in [1.165, 1.54) is 0 Å². The summed E-state index contributed by atoms with van der Waals surface area (Å²) in [7, 11) is 4.37. The molecule has 1 saturated heterocycles. The van der Waals surface area contributed by atoms with Crippen molar-refractivity contribution in [3.05, 3.63) is 23.8 Å². The summed E-state index contributed by atoms with van der Waals surface area (Å²) in [6.45, 7) is 6.37. The monoisotopic (exact) mass is 248 g/mol. The van der Waals surface area contributed by atoms with Crippen LogP contribution in [0.25, 0.3) is 0 Å². The predicted molar refractivity (Wildman–Crippen MR) is 78.0 cm³/mol. The fraction of sp³-hybridized carbons (Fsp3) is 0.571. The average Bonchev–Trinajstić information content (AvgIpc) is 2.35. The summed E-state index contributed by atoms with van der Waals surface area (Å²) in [5.74, 6) is 0. The zero-order valence-corrected chi connectivity index (χ0v) is 11.6. The molecular formula is C14H24N4. The summed E-state index contributed by atoms with van der Waals surface area (Å²) in [6.07, 6.45) is 0. The zero-order chi connectivity index (χ0) is 13.1. The van der Waals surface area contributed by atoms with Crippen LogP contribution in [0.15, 0.2) is 18.2 Å². The van der Waals surface area contributed by atoms with Crippen molar-refractivity contribution >= 4 is 11.4 Å². The van der Waals surface area contributed by atoms with E-state index in [9.17, 15) is 0 Å². The largest absolute Gasteiger partial charge is 0.397 e. The van der Waals surface area contributed by atoms with Crippen LogP contribution in [0.5, 0.6) is 0 Å². The van der Waals surface area contributed by atoms with Crippen LogP contribution in [-0.2, 0) is 0 Å². The predicted octanol–water partition coefficient (Wildman–Crippen LogP) is 1.23. The Balaban J connectivity index is 1.96. The zero-order valence-electron chi connectivity index (χ0n) is 11.6. The topological polar surface area (TPSA) is 44.5 Å². The van der Waals surface area contributed by atoms with Crippen molar-refractivity contribution < 1.29 is 0 Å². The van der Waals surface area contributed by atoms with Gasteiger partial charge in [0, 0.05) is 32.2 Å². The summed E-state index contributed by atoms with van der Waals surface area (Å²) in [5, 5.41) is 3.48. The number of aryl methyl sites for hydroxylation is 1. The summed E-state index contributed by atoms with van der Waals surface area (Å²) >= 11 is 0. The van der Waals surface area contributed by atoms with Gasteiger partial charge in [0.05, 0.1) is 11.4 Å². The van der Waals surface area contributed by atoms with Crippen molar-refractivity contribution in [2.24, 2.45) is 0 Å². The van der Waals surface area contributed by atoms with Gasteiger partial charge in [-0.25, -0.2) is 0 Å². The number of nitrogens with one attached hydrogen (secondary N) is 1. The summed E-state index contributed by atoms with van der Waals surface area (Å²) in [5.41, 5.74) is 9.12. The van der Waals surface area contributed by atoms with Gasteiger partial charge in [0.15, 0.2) is 0 Å². The Morgan fingerprint density at radius 1 is 1.33 bits per heavy atom. The smallest absolute Gasteiger partial charge is 0.0579 e. The second kappa shape index (κ2) is 5.59. The van der Waals surface area contributed by atoms with Crippen LogP contribution in [0.2, 0.25) is 0 Å². The average molecular weight is 248 g/mol. The Morgan fingerprint density at radius 3 is 2.89 bits per heavy atom. The van der Waals surface area contributed by atoms with Crippen molar-refractivity contribution in [2.75, 3.05) is 51.3 Å². The summed E-state index contributed by atoms with van der Waals surface area (Å²) < 4.78 is 0. The Hall–Kier alpha value is -1.26. The molecular weight excluding hydrogens is 224 g/mol. The highest BCUT2D eigenvalue weighted by Gasteiger charge is 2.21. The van der Waals surface area contributed by atoms with Gasteiger partial charge in [0.25, 0.3) is 0 Å². The van der Waals surface area contributed by atoms with Crippen molar-refractivity contribution in [1.29, 1.82) is 0 Å². The molecule has 1 unspecified atom stereocenters. The quantitative estimate of drug-likeness (QED) is 0.790. The molecule has 100 valence electrons. The molecule has 1 atom stereocenters. The van der Waals surface area contributed by atoms with E-state index in [0.29, 0.717) is 6.04 Å². The van der Waals surface area contributed by atoms with E-state index in [0.717, 1.165) is 43.1 Å². The minimum atomic E-state index is 0.545. The highest BCUT2D eigenvalue weighted by molar-refractivity contribution is 5.69. The van der Waals surface area contributed by atoms with E-state index >= 15 is 0 Å². The van der Waals surface area contributed by atoms with Crippen LogP contribution in [-0.4, -0.2) is 56.1 Å². The number of benzene rings is 1. The molecule has 18 heavy (non-hydrogen) atoms. The van der Waals surface area contributed by atoms with Gasteiger partial charge in [-0.3, -0.25) is 4.90 Å². The van der Waals surface area contributed by atoms with Crippen LogP contribution >= 0.6 is 0 Å². The van der Waals surface area contributed by atoms with E-state index in [1.54, 1.807) is 0 Å². The van der Waals surface area contributed by atoms with Crippen molar-refractivity contribution in [2.45, 2.75) is 13.0 Å². The number of hydrogen-bond acceptors (Lipinski definition) is 4. The third kappa shape index (κ3) is 2.94. The lowest BCUT2D eigenvalue weighted by molar-refractivity contribution is 0.122. The molecule has 0 aliphatic carbocycles. The SMILES string of the molecule is Cc1cccc(NCC2CN(C)CCN2C)c1N. The number of anilines is 2. The number of rotatable bonds is 3. The molecule has 4 nitrogen and oxygen atoms in total. The van der Waals surface area contributed by atoms with Gasteiger partial charge in [0.1, 0.15) is 0 Å². The first-order chi connectivity index (χ1) is 8.58. The maximum absolute atomic E-state index is 6.07. The normalized spacial score (nSPS) is 22.1. The maximum atomic E-state index is 6.07. The standard InChI is InChI=1S/C14H24N4/c1-11-5-4-6-13(14(11)15)16-9-12-10-17(2)7-8-18(12)3/h4-6,12,16H,7-10,15H2,1-3H3. The third-order valence-electron chi connectivity index (χ3n) is 3.83. The minimum Gasteiger partial charge on any atom is -0.397 e. The fourth-order valence-electron chi connectivity index (χ4n) is 2.38. The van der Waals surface area contributed by atoms with Gasteiger partial charge in [-0.1, -0.05) is 12.1 Å². The van der Waals surface area contributed by atoms with Crippen molar-refractivity contribution in [3.8, 4) is 0 Å². The van der Waals surface area contributed by atoms with Gasteiger partial charge in [-0.2, -0.15) is 0 Å². The van der Waals surface area contributed by atoms with Crippen LogP contribution in [0.3, 0.4) is 0 Å². The van der Waals surface area contributed by atoms with Crippen LogP contribution < -0.4 is 11.1 Å². The molecule has 0 spiro atoms. The molecule has 1 aromatic rings. The van der Waals surface area contributed by atoms with E-state index in [1.807, 2.05) is 19.1 Å². The van der Waals surface area contributed by atoms with Crippen LogP contribution in [0.1, 0.15) is 5.56 Å². The summed E-state index contributed by atoms with van der Waals surface area (Å²) in [6, 6.07) is 6.68. The Morgan fingerprint density at radius 2 is 2.11 bits per heavy atom. The molecule has 1 aliphatic rings. The minimum absolute atomic E-state index is 0.545. The van der Waals surface area contributed by atoms with Crippen molar-refractivity contribution in [1.82, 2.24) is 9.80 Å². The molecule has 0 aromatic heterocycles. The highest BCUT2D eigenvalue weighted by atomic mass is 15.3. The van der Waals surface area contributed by atoms with Gasteiger partial charge >= 0.3 is 0 Å². The van der Waals surface area contributed by atoms with E-state index in [2.05, 4.69) is 35.3 Å². The lowest BCUT2D eigenvalue weighted by Crippen LogP contribution is -2.52. The Labute approximate surface area is 110 Å². The second-order valence-corrected chi connectivity index (χ2v) is 5.31. The van der Waals surface area contributed by atoms with Crippen LogP contribution in [0.4, 0.5) is 11.4 Å². The fourth-order valence-corrected chi connectivity index (χ4v) is 2.38. The summed E-state index contributed by atoms with van der Waals surface area (Å²) in [4.78, 5) is 4.80. The van der Waals surface area contributed by atoms with Gasteiger partial charge in [-0.05, 0) is 32.6 Å². The number of nitrogen functional groups attached to an aromatic ring is 1. The van der Waals surface area contributed by atoms with E-state index in [4.69, 9.17) is 5.73 Å². The molecule has 0 saturated carbocycles. The number of hydrogen-bond donors (Lipinski definition) is 2. The molecule has 1 aliphatic heterocycles. The van der Waals surface area contributed by atoms with Gasteiger partial charge in [0.2, 0.25) is 0 Å². The Bertz CT molecular complexity index is 405.